The first-order valence-electron chi connectivity index (χ1n) is 7.65. The number of sulfonamides is 1. The van der Waals surface area contributed by atoms with E-state index in [1.165, 1.54) is 12.1 Å². The molecule has 26 heavy (non-hydrogen) atoms. The average molecular weight is 436 g/mol. The van der Waals surface area contributed by atoms with Crippen molar-refractivity contribution >= 4 is 62.1 Å². The van der Waals surface area contributed by atoms with E-state index >= 15 is 0 Å². The van der Waals surface area contributed by atoms with E-state index in [4.69, 9.17) is 34.8 Å². The van der Waals surface area contributed by atoms with E-state index in [9.17, 15) is 13.2 Å². The molecule has 140 valence electrons. The Morgan fingerprint density at radius 2 is 1.65 bits per heavy atom. The highest BCUT2D eigenvalue weighted by Gasteiger charge is 2.20. The predicted molar refractivity (Wildman–Crippen MR) is 108 cm³/mol. The highest BCUT2D eigenvalue weighted by molar-refractivity contribution is 7.92. The Bertz CT molecular complexity index is 887. The number of amides is 1. The molecule has 5 nitrogen and oxygen atoms in total. The molecule has 0 aliphatic rings. The van der Waals surface area contributed by atoms with Crippen LogP contribution < -0.4 is 9.62 Å². The summed E-state index contributed by atoms with van der Waals surface area (Å²) in [5, 5.41) is 3.95. The smallest absolute Gasteiger partial charge is 0.232 e. The lowest BCUT2D eigenvalue weighted by Crippen LogP contribution is -2.31. The Balaban J connectivity index is 2.01. The van der Waals surface area contributed by atoms with Crippen LogP contribution >= 0.6 is 34.8 Å². The van der Waals surface area contributed by atoms with Gasteiger partial charge in [0.2, 0.25) is 15.9 Å². The third-order valence-electron chi connectivity index (χ3n) is 3.47. The Morgan fingerprint density at radius 1 is 1.04 bits per heavy atom. The van der Waals surface area contributed by atoms with Crippen LogP contribution in [-0.2, 0) is 14.8 Å². The van der Waals surface area contributed by atoms with E-state index in [1.54, 1.807) is 30.3 Å². The fourth-order valence-corrected chi connectivity index (χ4v) is 3.81. The molecular formula is C17H17Cl3N2O3S. The second kappa shape index (κ2) is 8.95. The molecule has 0 atom stereocenters. The lowest BCUT2D eigenvalue weighted by atomic mass is 10.2. The van der Waals surface area contributed by atoms with Crippen molar-refractivity contribution in [2.45, 2.75) is 12.8 Å². The van der Waals surface area contributed by atoms with Gasteiger partial charge in [-0.25, -0.2) is 8.42 Å². The molecule has 0 fully saturated rings. The summed E-state index contributed by atoms with van der Waals surface area (Å²) in [6.45, 7) is 0.104. The van der Waals surface area contributed by atoms with E-state index in [1.807, 2.05) is 0 Å². The maximum Gasteiger partial charge on any atom is 0.232 e. The van der Waals surface area contributed by atoms with Gasteiger partial charge in [-0.1, -0.05) is 34.8 Å². The maximum atomic E-state index is 12.1. The van der Waals surface area contributed by atoms with Crippen molar-refractivity contribution in [2.75, 3.05) is 22.4 Å². The highest BCUT2D eigenvalue weighted by atomic mass is 35.5. The minimum Gasteiger partial charge on any atom is -0.326 e. The lowest BCUT2D eigenvalue weighted by molar-refractivity contribution is -0.116. The summed E-state index contributed by atoms with van der Waals surface area (Å²) in [5.41, 5.74) is 0.914. The minimum absolute atomic E-state index is 0.104. The number of halogens is 3. The minimum atomic E-state index is -3.57. The Kier molecular flexibility index (Phi) is 7.17. The number of anilines is 2. The number of carbonyl (C=O) groups excluding carboxylic acids is 1. The number of rotatable bonds is 7. The summed E-state index contributed by atoms with van der Waals surface area (Å²) in [6, 6.07) is 11.3. The molecule has 0 bridgehead atoms. The van der Waals surface area contributed by atoms with Crippen molar-refractivity contribution in [2.24, 2.45) is 0 Å². The third-order valence-corrected chi connectivity index (χ3v) is 5.46. The first-order chi connectivity index (χ1) is 12.2. The standard InChI is InChI=1S/C17H17Cl3N2O3S/c1-26(24,25)22(16-11-13(19)6-9-15(16)20)10-2-3-17(23)21-14-7-4-12(18)5-8-14/h4-9,11H,2-3,10H2,1H3,(H,21,23). The van der Waals surface area contributed by atoms with Gasteiger partial charge in [-0.2, -0.15) is 0 Å². The van der Waals surface area contributed by atoms with Crippen LogP contribution in [0.2, 0.25) is 15.1 Å². The third kappa shape index (κ3) is 6.06. The molecule has 0 radical (unpaired) electrons. The lowest BCUT2D eigenvalue weighted by Gasteiger charge is -2.23. The van der Waals surface area contributed by atoms with Crippen LogP contribution in [0.3, 0.4) is 0 Å². The van der Waals surface area contributed by atoms with Gasteiger partial charge in [0.05, 0.1) is 17.0 Å². The van der Waals surface area contributed by atoms with Crippen molar-refractivity contribution in [3.63, 3.8) is 0 Å². The van der Waals surface area contributed by atoms with Gasteiger partial charge in [0.1, 0.15) is 0 Å². The van der Waals surface area contributed by atoms with Crippen LogP contribution in [0.1, 0.15) is 12.8 Å². The number of hydrogen-bond acceptors (Lipinski definition) is 3. The van der Waals surface area contributed by atoms with E-state index in [0.717, 1.165) is 10.6 Å². The zero-order chi connectivity index (χ0) is 19.3. The van der Waals surface area contributed by atoms with Gasteiger partial charge in [-0.05, 0) is 48.9 Å². The van der Waals surface area contributed by atoms with Crippen molar-refractivity contribution < 1.29 is 13.2 Å². The summed E-state index contributed by atoms with van der Waals surface area (Å²) in [7, 11) is -3.57. The molecule has 0 aromatic heterocycles. The van der Waals surface area contributed by atoms with E-state index in [-0.39, 0.29) is 23.9 Å². The molecule has 0 unspecified atom stereocenters. The molecule has 1 N–H and O–H groups in total. The van der Waals surface area contributed by atoms with Crippen molar-refractivity contribution in [1.29, 1.82) is 0 Å². The van der Waals surface area contributed by atoms with Gasteiger partial charge in [0.25, 0.3) is 0 Å². The normalized spacial score (nSPS) is 11.2. The van der Waals surface area contributed by atoms with Crippen LogP contribution in [0.4, 0.5) is 11.4 Å². The van der Waals surface area contributed by atoms with Gasteiger partial charge < -0.3 is 5.32 Å². The van der Waals surface area contributed by atoms with E-state index in [2.05, 4.69) is 5.32 Å². The molecule has 0 heterocycles. The second-order valence-electron chi connectivity index (χ2n) is 5.59. The SMILES string of the molecule is CS(=O)(=O)N(CCCC(=O)Nc1ccc(Cl)cc1)c1cc(Cl)ccc1Cl. The molecule has 2 aromatic rings. The number of nitrogens with zero attached hydrogens (tertiary/aromatic N) is 1. The second-order valence-corrected chi connectivity index (χ2v) is 8.78. The van der Waals surface area contributed by atoms with Gasteiger partial charge in [0.15, 0.2) is 0 Å². The van der Waals surface area contributed by atoms with E-state index < -0.39 is 10.0 Å². The van der Waals surface area contributed by atoms with Gasteiger partial charge >= 0.3 is 0 Å². The number of nitrogens with one attached hydrogen (secondary N) is 1. The summed E-state index contributed by atoms with van der Waals surface area (Å²) in [5.74, 6) is -0.224. The summed E-state index contributed by atoms with van der Waals surface area (Å²) in [6.07, 6.45) is 1.54. The number of hydrogen-bond donors (Lipinski definition) is 1. The molecule has 2 aromatic carbocycles. The van der Waals surface area contributed by atoms with Crippen molar-refractivity contribution in [3.8, 4) is 0 Å². The fourth-order valence-electron chi connectivity index (χ4n) is 2.28. The van der Waals surface area contributed by atoms with Crippen molar-refractivity contribution in [3.05, 3.63) is 57.5 Å². The average Bonchev–Trinajstić information content (AvgIpc) is 2.55. The summed E-state index contributed by atoms with van der Waals surface area (Å²) >= 11 is 17.8. The van der Waals surface area contributed by atoms with Crippen molar-refractivity contribution in [1.82, 2.24) is 0 Å². The monoisotopic (exact) mass is 434 g/mol. The number of benzene rings is 2. The van der Waals surface area contributed by atoms with Gasteiger partial charge in [0, 0.05) is 28.7 Å². The first-order valence-corrected chi connectivity index (χ1v) is 10.6. The van der Waals surface area contributed by atoms with Crippen LogP contribution in [0.5, 0.6) is 0 Å². The number of carbonyl (C=O) groups is 1. The topological polar surface area (TPSA) is 66.5 Å². The molecular weight excluding hydrogens is 419 g/mol. The molecule has 0 spiro atoms. The molecule has 0 saturated carbocycles. The van der Waals surface area contributed by atoms with E-state index in [0.29, 0.717) is 27.8 Å². The zero-order valence-electron chi connectivity index (χ0n) is 13.9. The van der Waals surface area contributed by atoms with Crippen LogP contribution in [0.25, 0.3) is 0 Å². The first kappa shape index (κ1) is 20.8. The van der Waals surface area contributed by atoms with Gasteiger partial charge in [-0.3, -0.25) is 9.10 Å². The molecule has 0 aliphatic carbocycles. The summed E-state index contributed by atoms with van der Waals surface area (Å²) < 4.78 is 25.4. The largest absolute Gasteiger partial charge is 0.326 e. The Labute approximate surface area is 167 Å². The van der Waals surface area contributed by atoms with Crippen LogP contribution in [0.15, 0.2) is 42.5 Å². The zero-order valence-corrected chi connectivity index (χ0v) is 17.0. The fraction of sp³-hybridized carbons (Fsp3) is 0.235. The molecule has 0 saturated heterocycles. The van der Waals surface area contributed by atoms with Gasteiger partial charge in [-0.15, -0.1) is 0 Å². The molecule has 1 amide bonds. The molecule has 2 rings (SSSR count). The Hall–Kier alpha value is -1.47. The maximum absolute atomic E-state index is 12.1. The Morgan fingerprint density at radius 3 is 2.27 bits per heavy atom. The quantitative estimate of drug-likeness (QED) is 0.677. The van der Waals surface area contributed by atoms with Crippen LogP contribution in [-0.4, -0.2) is 27.1 Å². The molecule has 0 aliphatic heterocycles. The van der Waals surface area contributed by atoms with Crippen LogP contribution in [0, 0.1) is 0 Å². The highest BCUT2D eigenvalue weighted by Crippen LogP contribution is 2.30. The predicted octanol–water partition coefficient (Wildman–Crippen LogP) is 4.83. The summed E-state index contributed by atoms with van der Waals surface area (Å²) in [4.78, 5) is 12.0. The molecule has 9 heteroatoms.